The molecule has 0 fully saturated rings. The molecule has 0 saturated heterocycles. The van der Waals surface area contributed by atoms with Gasteiger partial charge < -0.3 is 5.32 Å². The molecule has 8 nitrogen and oxygen atoms in total. The minimum Gasteiger partial charge on any atom is -0.318 e. The monoisotopic (exact) mass is 387 g/mol. The second-order valence-corrected chi connectivity index (χ2v) is 5.81. The summed E-state index contributed by atoms with van der Waals surface area (Å²) in [5.41, 5.74) is 0.473. The predicted octanol–water partition coefficient (Wildman–Crippen LogP) is 3.76. The van der Waals surface area contributed by atoms with E-state index in [1.807, 2.05) is 0 Å². The Bertz CT molecular complexity index is 1050. The number of benzene rings is 2. The summed E-state index contributed by atoms with van der Waals surface area (Å²) in [5, 5.41) is 21.3. The van der Waals surface area contributed by atoms with Gasteiger partial charge in [0.1, 0.15) is 11.4 Å². The summed E-state index contributed by atoms with van der Waals surface area (Å²) in [6.07, 6.45) is 1.48. The number of non-ortho nitro benzene ring substituents is 1. The Morgan fingerprint density at radius 3 is 2.59 bits per heavy atom. The molecular weight excluding hydrogens is 377 g/mol. The quantitative estimate of drug-likeness (QED) is 0.408. The van der Waals surface area contributed by atoms with Crippen LogP contribution in [0, 0.1) is 15.9 Å². The smallest absolute Gasteiger partial charge is 0.273 e. The molecule has 1 N–H and O–H groups in total. The molecule has 1 aromatic heterocycles. The van der Waals surface area contributed by atoms with E-state index in [0.29, 0.717) is 16.8 Å². The number of carbonyl (C=O) groups is 1. The molecule has 1 heterocycles. The van der Waals surface area contributed by atoms with Crippen LogP contribution in [0.15, 0.2) is 55.2 Å². The molecule has 0 radical (unpaired) electrons. The third-order valence-corrected chi connectivity index (χ3v) is 3.84. The van der Waals surface area contributed by atoms with Crippen molar-refractivity contribution in [1.82, 2.24) is 15.0 Å². The Kier molecular flexibility index (Phi) is 4.95. The van der Waals surface area contributed by atoms with Crippen LogP contribution in [0.2, 0.25) is 5.02 Å². The first-order chi connectivity index (χ1) is 12.8. The summed E-state index contributed by atoms with van der Waals surface area (Å²) in [5.74, 6) is -1.68. The van der Waals surface area contributed by atoms with E-state index in [2.05, 4.69) is 22.2 Å². The summed E-state index contributed by atoms with van der Waals surface area (Å²) >= 11 is 5.84. The van der Waals surface area contributed by atoms with E-state index >= 15 is 0 Å². The molecule has 27 heavy (non-hydrogen) atoms. The Morgan fingerprint density at radius 1 is 1.26 bits per heavy atom. The fraction of sp³-hybridized carbons (Fsp3) is 0. The highest BCUT2D eigenvalue weighted by Gasteiger charge is 2.16. The Labute approximate surface area is 157 Å². The van der Waals surface area contributed by atoms with Gasteiger partial charge in [0.05, 0.1) is 22.9 Å². The van der Waals surface area contributed by atoms with Crippen molar-refractivity contribution in [1.29, 1.82) is 0 Å². The summed E-state index contributed by atoms with van der Waals surface area (Å²) in [6.45, 7) is 3.61. The summed E-state index contributed by atoms with van der Waals surface area (Å²) in [4.78, 5) is 22.2. The first-order valence-electron chi connectivity index (χ1n) is 7.48. The number of hydrogen-bond acceptors (Lipinski definition) is 5. The second kappa shape index (κ2) is 7.34. The number of amides is 1. The minimum atomic E-state index is -0.939. The molecule has 0 saturated carbocycles. The molecule has 3 aromatic rings. The van der Waals surface area contributed by atoms with Gasteiger partial charge in [-0.15, -0.1) is 5.10 Å². The standard InChI is InChI=1S/C17H11ClFN5O3/c1-10(17(25)20-15-7-6-13(24(26)27)8-14(15)19)23-9-16(21-22-23)11-2-4-12(18)5-3-11/h2-9H,1H2,(H,20,25). The van der Waals surface area contributed by atoms with E-state index < -0.39 is 22.3 Å². The van der Waals surface area contributed by atoms with Crippen LogP contribution >= 0.6 is 11.6 Å². The topological polar surface area (TPSA) is 103 Å². The summed E-state index contributed by atoms with van der Waals surface area (Å²) in [6, 6.07) is 9.75. The molecule has 2 aromatic carbocycles. The maximum absolute atomic E-state index is 13.9. The number of nitrogens with zero attached hydrogens (tertiary/aromatic N) is 4. The lowest BCUT2D eigenvalue weighted by Crippen LogP contribution is -2.18. The van der Waals surface area contributed by atoms with Gasteiger partial charge in [0, 0.05) is 16.7 Å². The van der Waals surface area contributed by atoms with E-state index in [9.17, 15) is 19.3 Å². The van der Waals surface area contributed by atoms with Crippen molar-refractivity contribution in [3.63, 3.8) is 0 Å². The maximum Gasteiger partial charge on any atom is 0.273 e. The average molecular weight is 388 g/mol. The van der Waals surface area contributed by atoms with Gasteiger partial charge in [0.15, 0.2) is 5.82 Å². The van der Waals surface area contributed by atoms with Gasteiger partial charge in [0.25, 0.3) is 11.6 Å². The van der Waals surface area contributed by atoms with Gasteiger partial charge in [-0.2, -0.15) is 0 Å². The molecule has 0 unspecified atom stereocenters. The zero-order valence-electron chi connectivity index (χ0n) is 13.6. The van der Waals surface area contributed by atoms with Gasteiger partial charge in [-0.25, -0.2) is 9.07 Å². The number of rotatable bonds is 5. The second-order valence-electron chi connectivity index (χ2n) is 5.38. The van der Waals surface area contributed by atoms with E-state index in [1.54, 1.807) is 24.3 Å². The van der Waals surface area contributed by atoms with Crippen molar-refractivity contribution in [2.75, 3.05) is 5.32 Å². The first-order valence-corrected chi connectivity index (χ1v) is 7.86. The van der Waals surface area contributed by atoms with Crippen LogP contribution in [0.1, 0.15) is 0 Å². The molecule has 3 rings (SSSR count). The van der Waals surface area contributed by atoms with Crippen LogP contribution in [-0.4, -0.2) is 25.8 Å². The van der Waals surface area contributed by atoms with E-state index in [0.717, 1.165) is 22.4 Å². The highest BCUT2D eigenvalue weighted by Crippen LogP contribution is 2.22. The molecule has 0 aliphatic carbocycles. The number of carbonyl (C=O) groups excluding carboxylic acids is 1. The summed E-state index contributed by atoms with van der Waals surface area (Å²) < 4.78 is 15.0. The molecule has 136 valence electrons. The van der Waals surface area contributed by atoms with Crippen LogP contribution in [0.3, 0.4) is 0 Å². The predicted molar refractivity (Wildman–Crippen MR) is 97.5 cm³/mol. The number of hydrogen-bond donors (Lipinski definition) is 1. The fourth-order valence-electron chi connectivity index (χ4n) is 2.17. The number of anilines is 1. The third kappa shape index (κ3) is 3.98. The van der Waals surface area contributed by atoms with Crippen LogP contribution in [0.4, 0.5) is 15.8 Å². The third-order valence-electron chi connectivity index (χ3n) is 3.58. The van der Waals surface area contributed by atoms with Gasteiger partial charge in [-0.1, -0.05) is 35.5 Å². The number of halogens is 2. The van der Waals surface area contributed by atoms with Crippen molar-refractivity contribution >= 4 is 34.6 Å². The van der Waals surface area contributed by atoms with Gasteiger partial charge in [-0.3, -0.25) is 14.9 Å². The minimum absolute atomic E-state index is 0.111. The van der Waals surface area contributed by atoms with Crippen molar-refractivity contribution in [3.8, 4) is 11.3 Å². The Morgan fingerprint density at radius 2 is 1.96 bits per heavy atom. The normalized spacial score (nSPS) is 10.4. The number of aromatic nitrogens is 3. The Balaban J connectivity index is 1.75. The highest BCUT2D eigenvalue weighted by atomic mass is 35.5. The molecule has 0 bridgehead atoms. The van der Waals surface area contributed by atoms with Crippen molar-refractivity contribution in [2.45, 2.75) is 0 Å². The van der Waals surface area contributed by atoms with Gasteiger partial charge in [-0.05, 0) is 18.2 Å². The molecule has 0 aliphatic rings. The molecule has 1 amide bonds. The van der Waals surface area contributed by atoms with Gasteiger partial charge in [0.2, 0.25) is 0 Å². The van der Waals surface area contributed by atoms with Crippen molar-refractivity contribution < 1.29 is 14.1 Å². The lowest BCUT2D eigenvalue weighted by Gasteiger charge is -2.07. The van der Waals surface area contributed by atoms with Crippen molar-refractivity contribution in [2.24, 2.45) is 0 Å². The fourth-order valence-corrected chi connectivity index (χ4v) is 2.29. The highest BCUT2D eigenvalue weighted by molar-refractivity contribution is 6.30. The molecule has 0 spiro atoms. The Hall–Kier alpha value is -3.59. The van der Waals surface area contributed by atoms with Crippen molar-refractivity contribution in [3.05, 3.63) is 76.2 Å². The largest absolute Gasteiger partial charge is 0.318 e. The SMILES string of the molecule is C=C(C(=O)Nc1ccc([N+](=O)[O-])cc1F)n1cc(-c2ccc(Cl)cc2)nn1. The number of nitro benzene ring substituents is 1. The molecular formula is C17H11ClFN5O3. The lowest BCUT2D eigenvalue weighted by atomic mass is 10.2. The zero-order chi connectivity index (χ0) is 19.6. The molecule has 0 aliphatic heterocycles. The average Bonchev–Trinajstić information content (AvgIpc) is 3.13. The van der Waals surface area contributed by atoms with Gasteiger partial charge >= 0.3 is 0 Å². The lowest BCUT2D eigenvalue weighted by molar-refractivity contribution is -0.385. The number of nitrogens with one attached hydrogen (secondary N) is 1. The van der Waals surface area contributed by atoms with Crippen LogP contribution in [0.25, 0.3) is 17.0 Å². The van der Waals surface area contributed by atoms with Crippen LogP contribution < -0.4 is 5.32 Å². The van der Waals surface area contributed by atoms with Crippen LogP contribution in [0.5, 0.6) is 0 Å². The first kappa shape index (κ1) is 18.2. The van der Waals surface area contributed by atoms with Crippen LogP contribution in [-0.2, 0) is 4.79 Å². The van der Waals surface area contributed by atoms with E-state index in [1.165, 1.54) is 6.20 Å². The maximum atomic E-state index is 13.9. The number of nitro groups is 1. The molecule has 0 atom stereocenters. The molecule has 10 heteroatoms. The zero-order valence-corrected chi connectivity index (χ0v) is 14.4. The van der Waals surface area contributed by atoms with E-state index in [4.69, 9.17) is 11.6 Å². The summed E-state index contributed by atoms with van der Waals surface area (Å²) in [7, 11) is 0. The van der Waals surface area contributed by atoms with E-state index in [-0.39, 0.29) is 11.4 Å².